The topological polar surface area (TPSA) is 20.2 Å². The van der Waals surface area contributed by atoms with Gasteiger partial charge in [-0.3, -0.25) is 0 Å². The van der Waals surface area contributed by atoms with Crippen molar-refractivity contribution in [2.45, 2.75) is 13.3 Å². The lowest BCUT2D eigenvalue weighted by Gasteiger charge is -2.05. The van der Waals surface area contributed by atoms with Crippen LogP contribution in [0.1, 0.15) is 11.1 Å². The number of hydrogen-bond donors (Lipinski definition) is 1. The van der Waals surface area contributed by atoms with Crippen molar-refractivity contribution in [1.82, 2.24) is 0 Å². The molecule has 0 aliphatic rings. The zero-order valence-corrected chi connectivity index (χ0v) is 9.48. The summed E-state index contributed by atoms with van der Waals surface area (Å²) in [6.45, 7) is 2.29. The molecule has 2 aromatic rings. The zero-order valence-electron chi connectivity index (χ0n) is 9.48. The van der Waals surface area contributed by atoms with Crippen LogP contribution in [0, 0.1) is 6.92 Å². The highest BCUT2D eigenvalue weighted by Gasteiger charge is 1.98. The van der Waals surface area contributed by atoms with Gasteiger partial charge in [-0.15, -0.1) is 0 Å². The zero-order chi connectivity index (χ0) is 11.4. The Hall–Kier alpha value is -1.60. The second-order valence-electron chi connectivity index (χ2n) is 4.04. The Labute approximate surface area is 96.4 Å². The number of aryl methyl sites for hydroxylation is 1. The SMILES string of the molecule is Cc1ccc(-c2cccc(CCO)c2)cc1. The van der Waals surface area contributed by atoms with Gasteiger partial charge in [-0.2, -0.15) is 0 Å². The predicted molar refractivity (Wildman–Crippen MR) is 67.4 cm³/mol. The van der Waals surface area contributed by atoms with E-state index in [2.05, 4.69) is 43.3 Å². The Bertz CT molecular complexity index is 457. The molecular weight excluding hydrogens is 196 g/mol. The van der Waals surface area contributed by atoms with E-state index in [0.717, 1.165) is 6.42 Å². The van der Waals surface area contributed by atoms with E-state index in [1.54, 1.807) is 0 Å². The van der Waals surface area contributed by atoms with Crippen LogP contribution in [0.25, 0.3) is 11.1 Å². The maximum Gasteiger partial charge on any atom is 0.0471 e. The number of benzene rings is 2. The van der Waals surface area contributed by atoms with Gasteiger partial charge in [0.15, 0.2) is 0 Å². The fraction of sp³-hybridized carbons (Fsp3) is 0.200. The first kappa shape index (κ1) is 10.9. The minimum absolute atomic E-state index is 0.206. The van der Waals surface area contributed by atoms with Crippen molar-refractivity contribution < 1.29 is 5.11 Å². The van der Waals surface area contributed by atoms with Gasteiger partial charge < -0.3 is 5.11 Å². The highest BCUT2D eigenvalue weighted by molar-refractivity contribution is 5.64. The van der Waals surface area contributed by atoms with Crippen molar-refractivity contribution in [2.24, 2.45) is 0 Å². The van der Waals surface area contributed by atoms with Crippen LogP contribution in [0.2, 0.25) is 0 Å². The molecule has 0 saturated carbocycles. The van der Waals surface area contributed by atoms with Gasteiger partial charge in [0.1, 0.15) is 0 Å². The Morgan fingerprint density at radius 2 is 1.69 bits per heavy atom. The van der Waals surface area contributed by atoms with E-state index < -0.39 is 0 Å². The molecule has 0 atom stereocenters. The molecule has 0 radical (unpaired) electrons. The first-order valence-electron chi connectivity index (χ1n) is 5.56. The first-order chi connectivity index (χ1) is 7.79. The maximum atomic E-state index is 8.92. The third kappa shape index (κ3) is 2.50. The van der Waals surface area contributed by atoms with E-state index in [-0.39, 0.29) is 6.61 Å². The van der Waals surface area contributed by atoms with Gasteiger partial charge in [-0.05, 0) is 30.0 Å². The van der Waals surface area contributed by atoms with Crippen molar-refractivity contribution >= 4 is 0 Å². The van der Waals surface area contributed by atoms with Crippen LogP contribution in [-0.4, -0.2) is 11.7 Å². The van der Waals surface area contributed by atoms with Gasteiger partial charge in [0.25, 0.3) is 0 Å². The second kappa shape index (κ2) is 4.95. The van der Waals surface area contributed by atoms with Crippen molar-refractivity contribution in [3.05, 3.63) is 59.7 Å². The fourth-order valence-corrected chi connectivity index (χ4v) is 1.78. The van der Waals surface area contributed by atoms with Crippen molar-refractivity contribution in [1.29, 1.82) is 0 Å². The lowest BCUT2D eigenvalue weighted by atomic mass is 10.0. The molecule has 82 valence electrons. The van der Waals surface area contributed by atoms with Gasteiger partial charge >= 0.3 is 0 Å². The summed E-state index contributed by atoms with van der Waals surface area (Å²) in [5.41, 5.74) is 4.90. The molecule has 0 heterocycles. The monoisotopic (exact) mass is 212 g/mol. The smallest absolute Gasteiger partial charge is 0.0471 e. The lowest BCUT2D eigenvalue weighted by molar-refractivity contribution is 0.299. The molecule has 0 aliphatic carbocycles. The summed E-state index contributed by atoms with van der Waals surface area (Å²) in [6.07, 6.45) is 0.722. The molecule has 0 unspecified atom stereocenters. The second-order valence-corrected chi connectivity index (χ2v) is 4.04. The molecule has 0 saturated heterocycles. The molecule has 1 heteroatoms. The van der Waals surface area contributed by atoms with Crippen LogP contribution in [-0.2, 0) is 6.42 Å². The summed E-state index contributed by atoms with van der Waals surface area (Å²) in [7, 11) is 0. The Kier molecular flexibility index (Phi) is 3.37. The number of aliphatic hydroxyl groups excluding tert-OH is 1. The molecule has 1 nitrogen and oxygen atoms in total. The van der Waals surface area contributed by atoms with Gasteiger partial charge in [0, 0.05) is 6.61 Å². The highest BCUT2D eigenvalue weighted by atomic mass is 16.2. The first-order valence-corrected chi connectivity index (χ1v) is 5.56. The number of aliphatic hydroxyl groups is 1. The third-order valence-electron chi connectivity index (χ3n) is 2.71. The predicted octanol–water partition coefficient (Wildman–Crippen LogP) is 3.20. The molecule has 0 fully saturated rings. The number of hydrogen-bond acceptors (Lipinski definition) is 1. The molecule has 2 rings (SSSR count). The van der Waals surface area contributed by atoms with Gasteiger partial charge in [-0.1, -0.05) is 54.1 Å². The summed E-state index contributed by atoms with van der Waals surface area (Å²) in [6, 6.07) is 16.8. The van der Waals surface area contributed by atoms with Crippen molar-refractivity contribution in [3.63, 3.8) is 0 Å². The standard InChI is InChI=1S/C15H16O/c1-12-5-7-14(8-6-12)15-4-2-3-13(11-15)9-10-16/h2-8,11,16H,9-10H2,1H3. The maximum absolute atomic E-state index is 8.92. The average Bonchev–Trinajstić information content (AvgIpc) is 2.31. The average molecular weight is 212 g/mol. The molecule has 0 aromatic heterocycles. The van der Waals surface area contributed by atoms with Gasteiger partial charge in [0.2, 0.25) is 0 Å². The van der Waals surface area contributed by atoms with E-state index in [1.807, 2.05) is 12.1 Å². The third-order valence-corrected chi connectivity index (χ3v) is 2.71. The summed E-state index contributed by atoms with van der Waals surface area (Å²) in [5.74, 6) is 0. The Balaban J connectivity index is 2.32. The van der Waals surface area contributed by atoms with E-state index in [9.17, 15) is 0 Å². The van der Waals surface area contributed by atoms with Gasteiger partial charge in [0.05, 0.1) is 0 Å². The summed E-state index contributed by atoms with van der Waals surface area (Å²) in [5, 5.41) is 8.92. The molecule has 0 bridgehead atoms. The summed E-state index contributed by atoms with van der Waals surface area (Å²) < 4.78 is 0. The Morgan fingerprint density at radius 3 is 2.38 bits per heavy atom. The van der Waals surface area contributed by atoms with Crippen LogP contribution in [0.3, 0.4) is 0 Å². The van der Waals surface area contributed by atoms with E-state index in [0.29, 0.717) is 0 Å². The largest absolute Gasteiger partial charge is 0.396 e. The Morgan fingerprint density at radius 1 is 0.938 bits per heavy atom. The molecule has 0 spiro atoms. The van der Waals surface area contributed by atoms with Gasteiger partial charge in [-0.25, -0.2) is 0 Å². The van der Waals surface area contributed by atoms with Crippen molar-refractivity contribution in [3.8, 4) is 11.1 Å². The van der Waals surface area contributed by atoms with Crippen LogP contribution < -0.4 is 0 Å². The van der Waals surface area contributed by atoms with Crippen LogP contribution in [0.5, 0.6) is 0 Å². The van der Waals surface area contributed by atoms with Crippen LogP contribution >= 0.6 is 0 Å². The lowest BCUT2D eigenvalue weighted by Crippen LogP contribution is -1.90. The molecule has 0 amide bonds. The highest BCUT2D eigenvalue weighted by Crippen LogP contribution is 2.20. The van der Waals surface area contributed by atoms with Crippen molar-refractivity contribution in [2.75, 3.05) is 6.61 Å². The molecule has 1 N–H and O–H groups in total. The fourth-order valence-electron chi connectivity index (χ4n) is 1.78. The minimum atomic E-state index is 0.206. The van der Waals surface area contributed by atoms with E-state index in [4.69, 9.17) is 5.11 Å². The summed E-state index contributed by atoms with van der Waals surface area (Å²) >= 11 is 0. The molecule has 16 heavy (non-hydrogen) atoms. The van der Waals surface area contributed by atoms with E-state index in [1.165, 1.54) is 22.3 Å². The number of rotatable bonds is 3. The van der Waals surface area contributed by atoms with Crippen LogP contribution in [0.15, 0.2) is 48.5 Å². The van der Waals surface area contributed by atoms with Crippen LogP contribution in [0.4, 0.5) is 0 Å². The van der Waals surface area contributed by atoms with E-state index >= 15 is 0 Å². The molecular formula is C15H16O. The quantitative estimate of drug-likeness (QED) is 0.828. The summed E-state index contributed by atoms with van der Waals surface area (Å²) in [4.78, 5) is 0. The normalized spacial score (nSPS) is 10.4. The molecule has 0 aliphatic heterocycles. The molecule has 2 aromatic carbocycles. The minimum Gasteiger partial charge on any atom is -0.396 e.